The number of phenolic OH excluding ortho intramolecular Hbond substituents is 2. The lowest BCUT2D eigenvalue weighted by molar-refractivity contribution is 0.0737. The number of carbonyl (C=O) groups excluding carboxylic acids is 2. The van der Waals surface area contributed by atoms with Crippen LogP contribution in [0, 0.1) is 0 Å². The number of anilines is 1. The second-order valence-corrected chi connectivity index (χ2v) is 15.2. The number of aromatic nitrogens is 4. The molecule has 0 aliphatic carbocycles. The van der Waals surface area contributed by atoms with Gasteiger partial charge in [0.15, 0.2) is 23.0 Å². The fourth-order valence-corrected chi connectivity index (χ4v) is 8.48. The molecule has 2 unspecified atom stereocenters. The molecular formula is C47H43N7O6. The molecule has 0 radical (unpaired) electrons. The summed E-state index contributed by atoms with van der Waals surface area (Å²) in [6.45, 7) is 1.34. The first-order valence-electron chi connectivity index (χ1n) is 19.6. The molecule has 5 aromatic carbocycles. The van der Waals surface area contributed by atoms with Crippen molar-refractivity contribution in [2.45, 2.75) is 18.5 Å². The predicted molar refractivity (Wildman–Crippen MR) is 228 cm³/mol. The fraction of sp³-hybridized carbons (Fsp3) is 0.191. The molecule has 9 rings (SSSR count). The van der Waals surface area contributed by atoms with E-state index in [4.69, 9.17) is 9.47 Å². The molecule has 2 aromatic heterocycles. The quantitative estimate of drug-likeness (QED) is 0.0967. The third kappa shape index (κ3) is 6.49. The number of nitrogens with zero attached hydrogens (tertiary/aromatic N) is 5. The monoisotopic (exact) mass is 801 g/mol. The van der Waals surface area contributed by atoms with Gasteiger partial charge in [0.05, 0.1) is 37.7 Å². The topological polar surface area (TPSA) is 160 Å². The molecule has 0 fully saturated rings. The molecule has 0 spiro atoms. The summed E-state index contributed by atoms with van der Waals surface area (Å²) in [5.74, 6) is 0.270. The highest BCUT2D eigenvalue weighted by atomic mass is 16.5. The van der Waals surface area contributed by atoms with E-state index in [1.807, 2.05) is 104 Å². The lowest BCUT2D eigenvalue weighted by Gasteiger charge is -2.27. The molecular weight excluding hydrogens is 759 g/mol. The van der Waals surface area contributed by atoms with Crippen molar-refractivity contribution in [2.24, 2.45) is 0 Å². The second-order valence-electron chi connectivity index (χ2n) is 15.2. The first-order chi connectivity index (χ1) is 29.2. The Morgan fingerprint density at radius 2 is 1.18 bits per heavy atom. The number of rotatable bonds is 12. The summed E-state index contributed by atoms with van der Waals surface area (Å²) in [6.07, 6.45) is 0.773. The van der Waals surface area contributed by atoms with Gasteiger partial charge in [-0.1, -0.05) is 78.9 Å². The molecule has 0 saturated carbocycles. The largest absolute Gasteiger partial charge is 0.504 e. The van der Waals surface area contributed by atoms with Crippen molar-refractivity contribution in [3.63, 3.8) is 0 Å². The number of hydrogen-bond donors (Lipinski definition) is 4. The summed E-state index contributed by atoms with van der Waals surface area (Å²) in [6, 6.07) is 34.8. The maximum Gasteiger partial charge on any atom is 0.277 e. The number of ether oxygens (including phenoxy) is 2. The molecule has 2 aliphatic rings. The van der Waals surface area contributed by atoms with Gasteiger partial charge in [0.25, 0.3) is 11.8 Å². The molecule has 7 aromatic rings. The van der Waals surface area contributed by atoms with Crippen LogP contribution in [0.5, 0.6) is 23.0 Å². The minimum Gasteiger partial charge on any atom is -0.504 e. The Bertz CT molecular complexity index is 2740. The minimum absolute atomic E-state index is 0.00176. The Morgan fingerprint density at radius 3 is 1.80 bits per heavy atom. The molecule has 13 heteroatoms. The van der Waals surface area contributed by atoms with E-state index < -0.39 is 12.1 Å². The van der Waals surface area contributed by atoms with Crippen LogP contribution in [0.4, 0.5) is 5.69 Å². The zero-order chi connectivity index (χ0) is 41.7. The van der Waals surface area contributed by atoms with Crippen molar-refractivity contribution >= 4 is 17.5 Å². The van der Waals surface area contributed by atoms with Gasteiger partial charge in [-0.2, -0.15) is 10.2 Å². The Hall–Kier alpha value is -7.38. The van der Waals surface area contributed by atoms with Crippen molar-refractivity contribution in [1.29, 1.82) is 0 Å². The Balaban J connectivity index is 1.07. The number of hydrogen-bond acceptors (Lipinski definition) is 9. The number of phenols is 2. The maximum atomic E-state index is 14.4. The molecule has 2 amide bonds. The number of aromatic amines is 2. The van der Waals surface area contributed by atoms with Crippen LogP contribution in [0.15, 0.2) is 115 Å². The molecule has 302 valence electrons. The van der Waals surface area contributed by atoms with Crippen LogP contribution in [0.3, 0.4) is 0 Å². The van der Waals surface area contributed by atoms with E-state index in [9.17, 15) is 19.8 Å². The number of aromatic hydroxyl groups is 2. The van der Waals surface area contributed by atoms with Gasteiger partial charge in [0, 0.05) is 34.5 Å². The highest BCUT2D eigenvalue weighted by Gasteiger charge is 2.44. The van der Waals surface area contributed by atoms with E-state index in [-0.39, 0.29) is 23.3 Å². The smallest absolute Gasteiger partial charge is 0.277 e. The third-order valence-corrected chi connectivity index (χ3v) is 11.3. The Morgan fingerprint density at radius 1 is 0.633 bits per heavy atom. The molecule has 0 saturated heterocycles. The molecule has 13 nitrogen and oxygen atoms in total. The average molecular weight is 802 g/mol. The normalized spacial score (nSPS) is 15.8. The molecule has 60 heavy (non-hydrogen) atoms. The van der Waals surface area contributed by atoms with Crippen LogP contribution >= 0.6 is 0 Å². The van der Waals surface area contributed by atoms with E-state index in [1.165, 1.54) is 14.2 Å². The van der Waals surface area contributed by atoms with E-state index in [1.54, 1.807) is 35.2 Å². The van der Waals surface area contributed by atoms with Crippen molar-refractivity contribution in [2.75, 3.05) is 46.3 Å². The Labute approximate surface area is 346 Å². The van der Waals surface area contributed by atoms with Crippen LogP contribution in [-0.2, 0) is 0 Å². The number of carbonyl (C=O) groups is 2. The first kappa shape index (κ1) is 38.2. The van der Waals surface area contributed by atoms with Crippen LogP contribution < -0.4 is 14.4 Å². The molecule has 2 atom stereocenters. The SMILES string of the molecule is COc1cc(C2c3c(-c4ccc(-c5cccc(N6C(=O)c7[nH]nc(-c8ccccc8)c7C6c6ccc(O)c(OC)c6)c5)cc4)n[nH]c3C(=O)N2CCCN(C)C)ccc1O. The number of H-pyrrole nitrogens is 2. The molecule has 4 N–H and O–H groups in total. The van der Waals surface area contributed by atoms with Crippen molar-refractivity contribution in [3.05, 3.63) is 149 Å². The number of nitrogens with one attached hydrogen (secondary N) is 2. The van der Waals surface area contributed by atoms with Crippen molar-refractivity contribution in [1.82, 2.24) is 30.2 Å². The van der Waals surface area contributed by atoms with Crippen LogP contribution in [-0.4, -0.2) is 93.6 Å². The highest BCUT2D eigenvalue weighted by molar-refractivity contribution is 6.12. The number of methoxy groups -OCH3 is 2. The summed E-state index contributed by atoms with van der Waals surface area (Å²) in [5.41, 5.74) is 9.37. The molecule has 2 aliphatic heterocycles. The number of fused-ring (bicyclic) bond motifs is 2. The zero-order valence-corrected chi connectivity index (χ0v) is 33.5. The van der Waals surface area contributed by atoms with Gasteiger partial charge in [0.1, 0.15) is 11.4 Å². The minimum atomic E-state index is -0.581. The van der Waals surface area contributed by atoms with Gasteiger partial charge in [-0.15, -0.1) is 0 Å². The highest BCUT2D eigenvalue weighted by Crippen LogP contribution is 2.48. The summed E-state index contributed by atoms with van der Waals surface area (Å²) < 4.78 is 11.0. The predicted octanol–water partition coefficient (Wildman–Crippen LogP) is 7.81. The summed E-state index contributed by atoms with van der Waals surface area (Å²) in [7, 11) is 7.02. The summed E-state index contributed by atoms with van der Waals surface area (Å²) in [4.78, 5) is 34.0. The van der Waals surface area contributed by atoms with E-state index in [2.05, 4.69) is 25.3 Å². The van der Waals surface area contributed by atoms with Gasteiger partial charge < -0.3 is 29.5 Å². The summed E-state index contributed by atoms with van der Waals surface area (Å²) in [5, 5.41) is 36.2. The van der Waals surface area contributed by atoms with Crippen LogP contribution in [0.2, 0.25) is 0 Å². The molecule has 0 bridgehead atoms. The number of benzene rings is 5. The Kier molecular flexibility index (Phi) is 9.81. The fourth-order valence-electron chi connectivity index (χ4n) is 8.48. The van der Waals surface area contributed by atoms with Crippen molar-refractivity contribution in [3.8, 4) is 56.6 Å². The lowest BCUT2D eigenvalue weighted by Crippen LogP contribution is -2.32. The van der Waals surface area contributed by atoms with Gasteiger partial charge in [-0.3, -0.25) is 24.7 Å². The number of amides is 2. The average Bonchev–Trinajstić information content (AvgIpc) is 4.03. The summed E-state index contributed by atoms with van der Waals surface area (Å²) >= 11 is 0. The van der Waals surface area contributed by atoms with E-state index in [0.29, 0.717) is 46.5 Å². The van der Waals surface area contributed by atoms with Crippen LogP contribution in [0.25, 0.3) is 33.6 Å². The van der Waals surface area contributed by atoms with E-state index in [0.717, 1.165) is 57.5 Å². The van der Waals surface area contributed by atoms with E-state index >= 15 is 0 Å². The lowest BCUT2D eigenvalue weighted by atomic mass is 9.94. The second kappa shape index (κ2) is 15.4. The molecule has 4 heterocycles. The standard InChI is InChI=1S/C47H43N7O6/c1-52(2)22-9-23-53-44(31-18-20-34(55)36(25-31)59-3)38-41(49-50-42(38)46(53)57)29-16-14-27(15-17-29)30-12-8-13-33(24-30)54-45(32-19-21-35(56)37(26-32)60-4)39-40(28-10-6-5-7-11-28)48-51-43(39)47(54)58/h5-8,10-21,24-26,44-45,55-56H,9,22-23H2,1-4H3,(H,48,51)(H,49,50). The van der Waals surface area contributed by atoms with Gasteiger partial charge >= 0.3 is 0 Å². The maximum absolute atomic E-state index is 14.4. The third-order valence-electron chi connectivity index (χ3n) is 11.3. The van der Waals surface area contributed by atoms with Gasteiger partial charge in [-0.25, -0.2) is 0 Å². The zero-order valence-electron chi connectivity index (χ0n) is 33.5. The van der Waals surface area contributed by atoms with Crippen LogP contribution in [0.1, 0.15) is 61.7 Å². The van der Waals surface area contributed by atoms with Gasteiger partial charge in [-0.05, 0) is 85.7 Å². The first-order valence-corrected chi connectivity index (χ1v) is 19.6. The van der Waals surface area contributed by atoms with Gasteiger partial charge in [0.2, 0.25) is 0 Å². The van der Waals surface area contributed by atoms with Crippen molar-refractivity contribution < 1.29 is 29.3 Å².